The molecule has 22 heavy (non-hydrogen) atoms. The van der Waals surface area contributed by atoms with Crippen molar-refractivity contribution in [2.24, 2.45) is 0 Å². The number of nitrogens with zero attached hydrogens (tertiary/aromatic N) is 2. The fourth-order valence-electron chi connectivity index (χ4n) is 1.69. The molecule has 114 valence electrons. The van der Waals surface area contributed by atoms with Gasteiger partial charge in [0.25, 0.3) is 11.2 Å². The lowest BCUT2D eigenvalue weighted by atomic mass is 10.3. The lowest BCUT2D eigenvalue weighted by molar-refractivity contribution is -0.385. The van der Waals surface area contributed by atoms with Crippen molar-refractivity contribution < 1.29 is 9.72 Å². The second kappa shape index (κ2) is 6.59. The molecule has 0 aliphatic rings. The van der Waals surface area contributed by atoms with E-state index in [0.717, 1.165) is 22.9 Å². The molecule has 0 saturated carbocycles. The fraction of sp³-hybridized carbons (Fsp3) is 0.0769. The Morgan fingerprint density at radius 1 is 1.27 bits per heavy atom. The third-order valence-electron chi connectivity index (χ3n) is 2.70. The number of amides is 1. The molecule has 0 aliphatic heterocycles. The molecular weight excluding hydrogens is 333 g/mol. The predicted molar refractivity (Wildman–Crippen MR) is 82.4 cm³/mol. The number of benzene rings is 1. The van der Waals surface area contributed by atoms with Crippen molar-refractivity contribution in [2.75, 3.05) is 5.32 Å². The highest BCUT2D eigenvalue weighted by atomic mass is 35.5. The standard InChI is InChI=1S/C13H9Cl2N3O4/c14-8-1-3-10(15)11(5-8)16-12(19)7-17-6-9(18(21)22)2-4-13(17)20/h1-6H,7H2,(H,16,19). The van der Waals surface area contributed by atoms with Gasteiger partial charge >= 0.3 is 0 Å². The van der Waals surface area contributed by atoms with Gasteiger partial charge in [-0.05, 0) is 18.2 Å². The van der Waals surface area contributed by atoms with Crippen molar-refractivity contribution in [3.8, 4) is 0 Å². The largest absolute Gasteiger partial charge is 0.323 e. The molecule has 0 radical (unpaired) electrons. The molecule has 0 unspecified atom stereocenters. The maximum Gasteiger partial charge on any atom is 0.285 e. The van der Waals surface area contributed by atoms with Crippen molar-refractivity contribution in [1.82, 2.24) is 4.57 Å². The van der Waals surface area contributed by atoms with Gasteiger partial charge in [0.1, 0.15) is 6.54 Å². The van der Waals surface area contributed by atoms with Crippen LogP contribution >= 0.6 is 23.2 Å². The van der Waals surface area contributed by atoms with Crippen LogP contribution in [0.3, 0.4) is 0 Å². The first-order valence-electron chi connectivity index (χ1n) is 5.96. The van der Waals surface area contributed by atoms with Gasteiger partial charge in [-0.1, -0.05) is 23.2 Å². The summed E-state index contributed by atoms with van der Waals surface area (Å²) in [6.45, 7) is -0.386. The summed E-state index contributed by atoms with van der Waals surface area (Å²) < 4.78 is 0.936. The van der Waals surface area contributed by atoms with E-state index in [-0.39, 0.29) is 22.9 Å². The van der Waals surface area contributed by atoms with Gasteiger partial charge in [0.05, 0.1) is 21.8 Å². The Hall–Kier alpha value is -2.38. The van der Waals surface area contributed by atoms with Crippen LogP contribution in [0, 0.1) is 10.1 Å². The highest BCUT2D eigenvalue weighted by molar-refractivity contribution is 6.35. The van der Waals surface area contributed by atoms with E-state index in [2.05, 4.69) is 5.32 Å². The summed E-state index contributed by atoms with van der Waals surface area (Å²) in [6.07, 6.45) is 1.00. The zero-order chi connectivity index (χ0) is 16.3. The van der Waals surface area contributed by atoms with Crippen LogP contribution in [0.25, 0.3) is 0 Å². The lowest BCUT2D eigenvalue weighted by Crippen LogP contribution is -2.27. The number of rotatable bonds is 4. The molecule has 0 aliphatic carbocycles. The number of hydrogen-bond acceptors (Lipinski definition) is 4. The zero-order valence-corrected chi connectivity index (χ0v) is 12.5. The van der Waals surface area contributed by atoms with Crippen molar-refractivity contribution in [2.45, 2.75) is 6.54 Å². The molecule has 2 aromatic rings. The molecule has 0 spiro atoms. The summed E-state index contributed by atoms with van der Waals surface area (Å²) in [5, 5.41) is 13.8. The van der Waals surface area contributed by atoms with Crippen LogP contribution < -0.4 is 10.9 Å². The Morgan fingerprint density at radius 3 is 2.68 bits per heavy atom. The number of halogens is 2. The molecule has 1 aromatic heterocycles. The summed E-state index contributed by atoms with van der Waals surface area (Å²) in [5.74, 6) is -0.563. The number of nitro groups is 1. The van der Waals surface area contributed by atoms with Crippen molar-refractivity contribution in [1.29, 1.82) is 0 Å². The van der Waals surface area contributed by atoms with Crippen LogP contribution in [0.4, 0.5) is 11.4 Å². The Labute approximate surface area is 134 Å². The van der Waals surface area contributed by atoms with Gasteiger partial charge in [-0.25, -0.2) is 0 Å². The smallest absolute Gasteiger partial charge is 0.285 e. The SMILES string of the molecule is O=C(Cn1cc([N+](=O)[O-])ccc1=O)Nc1cc(Cl)ccc1Cl. The second-order valence-corrected chi connectivity index (χ2v) is 5.13. The highest BCUT2D eigenvalue weighted by Crippen LogP contribution is 2.25. The second-order valence-electron chi connectivity index (χ2n) is 4.28. The minimum Gasteiger partial charge on any atom is -0.323 e. The topological polar surface area (TPSA) is 94.2 Å². The van der Waals surface area contributed by atoms with Gasteiger partial charge in [0, 0.05) is 17.2 Å². The first-order valence-corrected chi connectivity index (χ1v) is 6.72. The van der Waals surface area contributed by atoms with Crippen LogP contribution in [0.5, 0.6) is 0 Å². The number of carbonyl (C=O) groups excluding carboxylic acids is 1. The maximum atomic E-state index is 11.9. The summed E-state index contributed by atoms with van der Waals surface area (Å²) in [5.41, 5.74) is -0.524. The van der Waals surface area contributed by atoms with Gasteiger partial charge in [-0.15, -0.1) is 0 Å². The van der Waals surface area contributed by atoms with E-state index < -0.39 is 16.4 Å². The third-order valence-corrected chi connectivity index (χ3v) is 3.26. The number of aromatic nitrogens is 1. The molecule has 7 nitrogen and oxygen atoms in total. The van der Waals surface area contributed by atoms with E-state index in [1.54, 1.807) is 6.07 Å². The first kappa shape index (κ1) is 16.0. The Balaban J connectivity index is 2.19. The van der Waals surface area contributed by atoms with Crippen LogP contribution in [0.2, 0.25) is 10.0 Å². The molecule has 1 amide bonds. The number of pyridine rings is 1. The maximum absolute atomic E-state index is 11.9. The summed E-state index contributed by atoms with van der Waals surface area (Å²) in [4.78, 5) is 33.6. The fourth-order valence-corrected chi connectivity index (χ4v) is 2.02. The monoisotopic (exact) mass is 341 g/mol. The van der Waals surface area contributed by atoms with E-state index in [9.17, 15) is 19.7 Å². The summed E-state index contributed by atoms with van der Waals surface area (Å²) in [6, 6.07) is 6.63. The van der Waals surface area contributed by atoms with Gasteiger partial charge in [-0.2, -0.15) is 0 Å². The van der Waals surface area contributed by atoms with Crippen molar-refractivity contribution in [3.05, 3.63) is 67.0 Å². The van der Waals surface area contributed by atoms with Gasteiger partial charge in [0.2, 0.25) is 5.91 Å². The molecule has 1 heterocycles. The zero-order valence-electron chi connectivity index (χ0n) is 11.0. The predicted octanol–water partition coefficient (Wildman–Crippen LogP) is 2.70. The van der Waals surface area contributed by atoms with Crippen molar-refractivity contribution >= 4 is 40.5 Å². The van der Waals surface area contributed by atoms with Gasteiger partial charge in [0.15, 0.2) is 0 Å². The highest BCUT2D eigenvalue weighted by Gasteiger charge is 2.12. The average Bonchev–Trinajstić information content (AvgIpc) is 2.45. The van der Waals surface area contributed by atoms with E-state index in [4.69, 9.17) is 23.2 Å². The summed E-state index contributed by atoms with van der Waals surface area (Å²) in [7, 11) is 0. The Bertz CT molecular complexity index is 804. The molecule has 0 bridgehead atoms. The lowest BCUT2D eigenvalue weighted by Gasteiger charge is -2.09. The Morgan fingerprint density at radius 2 is 2.00 bits per heavy atom. The van der Waals surface area contributed by atoms with Gasteiger partial charge in [-0.3, -0.25) is 24.3 Å². The van der Waals surface area contributed by atoms with Crippen LogP contribution in [-0.4, -0.2) is 15.4 Å². The average molecular weight is 342 g/mol. The van der Waals surface area contributed by atoms with E-state index in [0.29, 0.717) is 5.02 Å². The first-order chi connectivity index (χ1) is 10.4. The number of anilines is 1. The molecule has 0 atom stereocenters. The number of carbonyl (C=O) groups is 1. The quantitative estimate of drug-likeness (QED) is 0.683. The molecule has 0 saturated heterocycles. The molecule has 2 rings (SSSR count). The Kier molecular flexibility index (Phi) is 4.79. The third kappa shape index (κ3) is 3.84. The van der Waals surface area contributed by atoms with E-state index in [1.807, 2.05) is 0 Å². The number of hydrogen-bond donors (Lipinski definition) is 1. The van der Waals surface area contributed by atoms with Crippen LogP contribution in [-0.2, 0) is 11.3 Å². The van der Waals surface area contributed by atoms with Crippen LogP contribution in [0.1, 0.15) is 0 Å². The minimum atomic E-state index is -0.651. The molecule has 9 heteroatoms. The molecule has 0 fully saturated rings. The summed E-state index contributed by atoms with van der Waals surface area (Å²) >= 11 is 11.7. The molecule has 1 aromatic carbocycles. The molecule has 1 N–H and O–H groups in total. The van der Waals surface area contributed by atoms with Crippen LogP contribution in [0.15, 0.2) is 41.3 Å². The van der Waals surface area contributed by atoms with Crippen molar-refractivity contribution in [3.63, 3.8) is 0 Å². The van der Waals surface area contributed by atoms with E-state index >= 15 is 0 Å². The molecular formula is C13H9Cl2N3O4. The van der Waals surface area contributed by atoms with E-state index in [1.165, 1.54) is 12.1 Å². The van der Waals surface area contributed by atoms with Gasteiger partial charge < -0.3 is 5.32 Å². The number of nitrogens with one attached hydrogen (secondary N) is 1. The normalized spacial score (nSPS) is 10.3. The minimum absolute atomic E-state index is 0.282.